The Morgan fingerprint density at radius 2 is 1.47 bits per heavy atom. The monoisotopic (exact) mass is 448 g/mol. The van der Waals surface area contributed by atoms with Crippen LogP contribution in [-0.2, 0) is 10.0 Å². The molecule has 1 aliphatic heterocycles. The number of aryl methyl sites for hydroxylation is 2. The number of hydrogen-bond donors (Lipinski definition) is 1. The Kier molecular flexibility index (Phi) is 6.44. The average molecular weight is 449 g/mol. The van der Waals surface area contributed by atoms with Crippen molar-refractivity contribution < 1.29 is 13.2 Å². The number of carbonyl (C=O) groups is 1. The molecule has 0 aliphatic carbocycles. The highest BCUT2D eigenvalue weighted by molar-refractivity contribution is 7.89. The van der Waals surface area contributed by atoms with Crippen molar-refractivity contribution in [2.45, 2.75) is 37.6 Å². The molecule has 4 rings (SSSR count). The summed E-state index contributed by atoms with van der Waals surface area (Å²) in [7, 11) is -3.57. The fourth-order valence-corrected chi connectivity index (χ4v) is 5.38. The summed E-state index contributed by atoms with van der Waals surface area (Å²) in [6.07, 6.45) is 1.19. The van der Waals surface area contributed by atoms with Gasteiger partial charge >= 0.3 is 0 Å². The van der Waals surface area contributed by atoms with Crippen LogP contribution in [0.25, 0.3) is 11.1 Å². The Balaban J connectivity index is 1.36. The maximum atomic E-state index is 12.9. The van der Waals surface area contributed by atoms with E-state index in [1.807, 2.05) is 74.5 Å². The first kappa shape index (κ1) is 22.2. The van der Waals surface area contributed by atoms with Gasteiger partial charge in [0.25, 0.3) is 5.91 Å². The van der Waals surface area contributed by atoms with Crippen molar-refractivity contribution in [3.05, 3.63) is 89.5 Å². The molecule has 1 aliphatic rings. The summed E-state index contributed by atoms with van der Waals surface area (Å²) < 4.78 is 28.3. The predicted molar refractivity (Wildman–Crippen MR) is 127 cm³/mol. The molecular weight excluding hydrogens is 420 g/mol. The van der Waals surface area contributed by atoms with Gasteiger partial charge in [-0.1, -0.05) is 48.5 Å². The minimum absolute atomic E-state index is 0.0138. The molecule has 1 amide bonds. The number of benzene rings is 3. The maximum absolute atomic E-state index is 12.9. The fraction of sp³-hybridized carbons (Fsp3) is 0.269. The lowest BCUT2D eigenvalue weighted by Gasteiger charge is -2.32. The van der Waals surface area contributed by atoms with Gasteiger partial charge in [0, 0.05) is 24.7 Å². The number of amides is 1. The van der Waals surface area contributed by atoms with Gasteiger partial charge in [-0.25, -0.2) is 13.1 Å². The molecule has 166 valence electrons. The average Bonchev–Trinajstić information content (AvgIpc) is 2.81. The van der Waals surface area contributed by atoms with E-state index in [9.17, 15) is 13.2 Å². The molecule has 1 saturated heterocycles. The SMILES string of the molecule is Cc1ccc(S(=O)(=O)NC2CCN(C(=O)c3ccc(-c4ccccc4)cc3)CC2)cc1C. The molecule has 1 N–H and O–H groups in total. The van der Waals surface area contributed by atoms with Gasteiger partial charge in [-0.05, 0) is 73.2 Å². The lowest BCUT2D eigenvalue weighted by molar-refractivity contribution is 0.0711. The van der Waals surface area contributed by atoms with Gasteiger partial charge in [0.2, 0.25) is 10.0 Å². The molecule has 3 aromatic rings. The van der Waals surface area contributed by atoms with E-state index in [1.165, 1.54) is 0 Å². The standard InChI is InChI=1S/C26H28N2O3S/c1-19-8-13-25(18-20(19)2)32(30,31)27-24-14-16-28(17-15-24)26(29)23-11-9-22(10-12-23)21-6-4-3-5-7-21/h3-13,18,24,27H,14-17H2,1-2H3. The summed E-state index contributed by atoms with van der Waals surface area (Å²) in [6, 6.07) is 22.7. The van der Waals surface area contributed by atoms with Crippen molar-refractivity contribution in [3.63, 3.8) is 0 Å². The number of nitrogens with zero attached hydrogens (tertiary/aromatic N) is 1. The Morgan fingerprint density at radius 3 is 2.09 bits per heavy atom. The summed E-state index contributed by atoms with van der Waals surface area (Å²) >= 11 is 0. The zero-order valence-electron chi connectivity index (χ0n) is 18.4. The maximum Gasteiger partial charge on any atom is 0.253 e. The molecule has 32 heavy (non-hydrogen) atoms. The van der Waals surface area contributed by atoms with Crippen LogP contribution in [0.1, 0.15) is 34.3 Å². The summed E-state index contributed by atoms with van der Waals surface area (Å²) in [5.74, 6) is -0.0138. The van der Waals surface area contributed by atoms with Crippen molar-refractivity contribution in [3.8, 4) is 11.1 Å². The van der Waals surface area contributed by atoms with E-state index in [2.05, 4.69) is 4.72 Å². The number of likely N-dealkylation sites (tertiary alicyclic amines) is 1. The minimum atomic E-state index is -3.57. The molecule has 0 spiro atoms. The lowest BCUT2D eigenvalue weighted by atomic mass is 10.0. The zero-order valence-corrected chi connectivity index (χ0v) is 19.2. The van der Waals surface area contributed by atoms with Crippen LogP contribution in [0.5, 0.6) is 0 Å². The highest BCUT2D eigenvalue weighted by Crippen LogP contribution is 2.22. The Labute approximate surface area is 190 Å². The van der Waals surface area contributed by atoms with Crippen LogP contribution in [-0.4, -0.2) is 38.4 Å². The largest absolute Gasteiger partial charge is 0.339 e. The number of hydrogen-bond acceptors (Lipinski definition) is 3. The van der Waals surface area contributed by atoms with Crippen LogP contribution < -0.4 is 4.72 Å². The molecule has 3 aromatic carbocycles. The predicted octanol–water partition coefficient (Wildman–Crippen LogP) is 4.55. The number of carbonyl (C=O) groups excluding carboxylic acids is 1. The molecule has 0 radical (unpaired) electrons. The van der Waals surface area contributed by atoms with Gasteiger partial charge < -0.3 is 4.90 Å². The molecule has 1 heterocycles. The third-order valence-corrected chi connectivity index (χ3v) is 7.65. The first-order valence-corrected chi connectivity index (χ1v) is 12.4. The summed E-state index contributed by atoms with van der Waals surface area (Å²) in [6.45, 7) is 4.92. The number of sulfonamides is 1. The van der Waals surface area contributed by atoms with E-state index in [1.54, 1.807) is 17.0 Å². The van der Waals surface area contributed by atoms with Crippen LogP contribution in [0.4, 0.5) is 0 Å². The van der Waals surface area contributed by atoms with Gasteiger partial charge in [0.1, 0.15) is 0 Å². The number of piperidine rings is 1. The highest BCUT2D eigenvalue weighted by atomic mass is 32.2. The summed E-state index contributed by atoms with van der Waals surface area (Å²) in [4.78, 5) is 15.0. The van der Waals surface area contributed by atoms with E-state index in [4.69, 9.17) is 0 Å². The van der Waals surface area contributed by atoms with E-state index < -0.39 is 10.0 Å². The first-order valence-electron chi connectivity index (χ1n) is 10.9. The van der Waals surface area contributed by atoms with Crippen LogP contribution in [0, 0.1) is 13.8 Å². The van der Waals surface area contributed by atoms with Crippen molar-refractivity contribution in [1.29, 1.82) is 0 Å². The van der Waals surface area contributed by atoms with Gasteiger partial charge in [-0.15, -0.1) is 0 Å². The lowest BCUT2D eigenvalue weighted by Crippen LogP contribution is -2.46. The van der Waals surface area contributed by atoms with Crippen molar-refractivity contribution in [1.82, 2.24) is 9.62 Å². The third-order valence-electron chi connectivity index (χ3n) is 6.13. The second kappa shape index (κ2) is 9.27. The smallest absolute Gasteiger partial charge is 0.253 e. The topological polar surface area (TPSA) is 66.5 Å². The second-order valence-electron chi connectivity index (χ2n) is 8.38. The normalized spacial score (nSPS) is 15.0. The van der Waals surface area contributed by atoms with Gasteiger partial charge in [-0.2, -0.15) is 0 Å². The molecule has 0 aromatic heterocycles. The van der Waals surface area contributed by atoms with Crippen LogP contribution in [0.15, 0.2) is 77.7 Å². The quantitative estimate of drug-likeness (QED) is 0.623. The zero-order chi connectivity index (χ0) is 22.7. The molecular formula is C26H28N2O3S. The molecule has 0 unspecified atom stereocenters. The van der Waals surface area contributed by atoms with Crippen LogP contribution in [0.3, 0.4) is 0 Å². The fourth-order valence-electron chi connectivity index (χ4n) is 3.99. The van der Waals surface area contributed by atoms with Gasteiger partial charge in [-0.3, -0.25) is 4.79 Å². The van der Waals surface area contributed by atoms with E-state index in [-0.39, 0.29) is 16.8 Å². The second-order valence-corrected chi connectivity index (χ2v) is 10.1. The van der Waals surface area contributed by atoms with E-state index >= 15 is 0 Å². The Hall–Kier alpha value is -2.96. The molecule has 0 atom stereocenters. The van der Waals surface area contributed by atoms with E-state index in [0.717, 1.165) is 22.3 Å². The minimum Gasteiger partial charge on any atom is -0.339 e. The van der Waals surface area contributed by atoms with Gasteiger partial charge in [0.15, 0.2) is 0 Å². The van der Waals surface area contributed by atoms with Crippen molar-refractivity contribution in [2.75, 3.05) is 13.1 Å². The van der Waals surface area contributed by atoms with Crippen LogP contribution in [0.2, 0.25) is 0 Å². The Bertz CT molecular complexity index is 1200. The summed E-state index contributed by atoms with van der Waals surface area (Å²) in [5, 5.41) is 0. The van der Waals surface area contributed by atoms with Crippen LogP contribution >= 0.6 is 0 Å². The molecule has 5 nitrogen and oxygen atoms in total. The highest BCUT2D eigenvalue weighted by Gasteiger charge is 2.27. The number of rotatable bonds is 5. The van der Waals surface area contributed by atoms with E-state index in [0.29, 0.717) is 31.5 Å². The first-order chi connectivity index (χ1) is 15.3. The van der Waals surface area contributed by atoms with Crippen molar-refractivity contribution >= 4 is 15.9 Å². The number of nitrogens with one attached hydrogen (secondary N) is 1. The summed E-state index contributed by atoms with van der Waals surface area (Å²) in [5.41, 5.74) is 4.85. The molecule has 1 fully saturated rings. The third kappa shape index (κ3) is 4.92. The molecule has 0 saturated carbocycles. The molecule has 0 bridgehead atoms. The Morgan fingerprint density at radius 1 is 0.844 bits per heavy atom. The van der Waals surface area contributed by atoms with Crippen molar-refractivity contribution in [2.24, 2.45) is 0 Å². The molecule has 6 heteroatoms. The van der Waals surface area contributed by atoms with Gasteiger partial charge in [0.05, 0.1) is 4.90 Å².